The van der Waals surface area contributed by atoms with E-state index in [1.165, 1.54) is 29.2 Å². The molecule has 1 amide bonds. The van der Waals surface area contributed by atoms with E-state index >= 15 is 0 Å². The molecular formula is C21H18N2O7. The van der Waals surface area contributed by atoms with Gasteiger partial charge in [-0.3, -0.25) is 24.5 Å². The molecule has 30 heavy (non-hydrogen) atoms. The third-order valence-corrected chi connectivity index (χ3v) is 4.80. The Labute approximate surface area is 171 Å². The van der Waals surface area contributed by atoms with E-state index in [4.69, 9.17) is 5.11 Å². The van der Waals surface area contributed by atoms with Crippen molar-refractivity contribution in [3.05, 3.63) is 81.4 Å². The summed E-state index contributed by atoms with van der Waals surface area (Å²) in [5, 5.41) is 30.5. The van der Waals surface area contributed by atoms with Crippen LogP contribution in [0.5, 0.6) is 0 Å². The van der Waals surface area contributed by atoms with Crippen LogP contribution in [0.4, 0.5) is 5.69 Å². The first kappa shape index (κ1) is 20.7. The minimum absolute atomic E-state index is 0.0213. The zero-order valence-electron chi connectivity index (χ0n) is 15.7. The Morgan fingerprint density at radius 2 is 1.67 bits per heavy atom. The van der Waals surface area contributed by atoms with Crippen molar-refractivity contribution in [1.82, 2.24) is 4.90 Å². The maximum Gasteiger partial charge on any atom is 0.303 e. The lowest BCUT2D eigenvalue weighted by Crippen LogP contribution is -2.31. The first-order chi connectivity index (χ1) is 14.3. The lowest BCUT2D eigenvalue weighted by molar-refractivity contribution is -0.384. The van der Waals surface area contributed by atoms with Gasteiger partial charge in [-0.2, -0.15) is 0 Å². The third-order valence-electron chi connectivity index (χ3n) is 4.80. The molecule has 9 heteroatoms. The molecule has 0 unspecified atom stereocenters. The van der Waals surface area contributed by atoms with Crippen molar-refractivity contribution in [3.63, 3.8) is 0 Å². The number of aliphatic hydroxyl groups excluding tert-OH is 1. The summed E-state index contributed by atoms with van der Waals surface area (Å²) >= 11 is 0. The second-order valence-corrected chi connectivity index (χ2v) is 6.70. The molecule has 3 rings (SSSR count). The zero-order chi connectivity index (χ0) is 21.8. The molecule has 0 aliphatic carbocycles. The van der Waals surface area contributed by atoms with Gasteiger partial charge in [0.25, 0.3) is 17.4 Å². The number of carboxylic acids is 1. The van der Waals surface area contributed by atoms with E-state index in [1.54, 1.807) is 30.3 Å². The van der Waals surface area contributed by atoms with Gasteiger partial charge >= 0.3 is 5.97 Å². The van der Waals surface area contributed by atoms with Crippen LogP contribution in [0.15, 0.2) is 60.2 Å². The molecular weight excluding hydrogens is 392 g/mol. The van der Waals surface area contributed by atoms with Gasteiger partial charge in [0, 0.05) is 30.7 Å². The Hall–Kier alpha value is -4.01. The molecule has 2 aromatic rings. The second-order valence-electron chi connectivity index (χ2n) is 6.70. The number of nitro groups is 1. The number of aliphatic carboxylic acids is 1. The van der Waals surface area contributed by atoms with Crippen LogP contribution in [0.25, 0.3) is 5.76 Å². The number of likely N-dealkylation sites (tertiary alicyclic amines) is 1. The quantitative estimate of drug-likeness (QED) is 0.235. The van der Waals surface area contributed by atoms with Gasteiger partial charge in [-0.05, 0) is 24.1 Å². The number of nitrogens with zero attached hydrogens (tertiary/aromatic N) is 2. The molecule has 154 valence electrons. The number of Topliss-reactive ketones (excluding diaryl/α,β-unsaturated/α-hetero) is 1. The summed E-state index contributed by atoms with van der Waals surface area (Å²) in [4.78, 5) is 47.7. The fourth-order valence-electron chi connectivity index (χ4n) is 3.39. The minimum atomic E-state index is -1.02. The average molecular weight is 410 g/mol. The van der Waals surface area contributed by atoms with Gasteiger partial charge in [0.05, 0.1) is 16.5 Å². The molecule has 0 spiro atoms. The van der Waals surface area contributed by atoms with Crippen LogP contribution >= 0.6 is 0 Å². The number of nitro benzene ring substituents is 1. The smallest absolute Gasteiger partial charge is 0.303 e. The van der Waals surface area contributed by atoms with Crippen molar-refractivity contribution in [2.75, 3.05) is 6.54 Å². The first-order valence-corrected chi connectivity index (χ1v) is 9.11. The standard InChI is InChI=1S/C21H18N2O7/c24-16(25)7-4-12-22-18(13-5-2-1-3-6-13)17(20(27)21(22)28)19(26)14-8-10-15(11-9-14)23(29)30/h1-3,5-6,8-11,18,26H,4,7,12H2,(H,24,25)/t18-/m0/s1. The number of hydrogen-bond donors (Lipinski definition) is 2. The lowest BCUT2D eigenvalue weighted by atomic mass is 9.95. The van der Waals surface area contributed by atoms with Crippen LogP contribution in [0, 0.1) is 10.1 Å². The Bertz CT molecular complexity index is 1030. The SMILES string of the molecule is O=C(O)CCCN1C(=O)C(=O)C(=C(O)c2ccc([N+](=O)[O-])cc2)[C@@H]1c1ccccc1. The van der Waals surface area contributed by atoms with Crippen molar-refractivity contribution in [1.29, 1.82) is 0 Å². The summed E-state index contributed by atoms with van der Waals surface area (Å²) in [7, 11) is 0. The summed E-state index contributed by atoms with van der Waals surface area (Å²) in [5.74, 6) is -3.20. The Morgan fingerprint density at radius 3 is 2.23 bits per heavy atom. The van der Waals surface area contributed by atoms with Crippen LogP contribution in [-0.2, 0) is 14.4 Å². The molecule has 0 aromatic heterocycles. The highest BCUT2D eigenvalue weighted by atomic mass is 16.6. The van der Waals surface area contributed by atoms with Crippen molar-refractivity contribution < 1.29 is 29.5 Å². The molecule has 1 aliphatic rings. The minimum Gasteiger partial charge on any atom is -0.507 e. The van der Waals surface area contributed by atoms with Gasteiger partial charge in [-0.15, -0.1) is 0 Å². The van der Waals surface area contributed by atoms with Crippen LogP contribution < -0.4 is 0 Å². The molecule has 2 aromatic carbocycles. The van der Waals surface area contributed by atoms with Gasteiger partial charge in [-0.1, -0.05) is 30.3 Å². The topological polar surface area (TPSA) is 138 Å². The average Bonchev–Trinajstić information content (AvgIpc) is 2.98. The second kappa shape index (κ2) is 8.56. The fraction of sp³-hybridized carbons (Fsp3) is 0.190. The number of amides is 1. The van der Waals surface area contributed by atoms with Crippen molar-refractivity contribution in [2.45, 2.75) is 18.9 Å². The Kier molecular flexibility index (Phi) is 5.91. The molecule has 9 nitrogen and oxygen atoms in total. The van der Waals surface area contributed by atoms with E-state index in [2.05, 4.69) is 0 Å². The number of hydrogen-bond acceptors (Lipinski definition) is 6. The molecule has 0 saturated carbocycles. The summed E-state index contributed by atoms with van der Waals surface area (Å²) in [6.45, 7) is 0.0213. The molecule has 0 bridgehead atoms. The molecule has 2 N–H and O–H groups in total. The molecule has 1 saturated heterocycles. The Morgan fingerprint density at radius 1 is 1.03 bits per heavy atom. The number of non-ortho nitro benzene ring substituents is 1. The number of rotatable bonds is 7. The van der Waals surface area contributed by atoms with E-state index < -0.39 is 34.4 Å². The molecule has 1 fully saturated rings. The maximum atomic E-state index is 12.8. The highest BCUT2D eigenvalue weighted by Gasteiger charge is 2.45. The fourth-order valence-corrected chi connectivity index (χ4v) is 3.39. The normalized spacial score (nSPS) is 17.9. The van der Waals surface area contributed by atoms with E-state index in [0.29, 0.717) is 5.56 Å². The molecule has 1 atom stereocenters. The number of benzene rings is 2. The molecule has 1 heterocycles. The lowest BCUT2D eigenvalue weighted by Gasteiger charge is -2.25. The number of aliphatic hydroxyl groups is 1. The number of carbonyl (C=O) groups is 3. The van der Waals surface area contributed by atoms with Crippen LogP contribution in [-0.4, -0.2) is 44.2 Å². The predicted octanol–water partition coefficient (Wildman–Crippen LogP) is 2.88. The van der Waals surface area contributed by atoms with Gasteiger partial charge in [0.15, 0.2) is 0 Å². The highest BCUT2D eigenvalue weighted by molar-refractivity contribution is 6.46. The van der Waals surface area contributed by atoms with Crippen molar-refractivity contribution in [3.8, 4) is 0 Å². The number of ketones is 1. The van der Waals surface area contributed by atoms with E-state index in [0.717, 1.165) is 0 Å². The molecule has 0 radical (unpaired) electrons. The van der Waals surface area contributed by atoms with Crippen molar-refractivity contribution in [2.24, 2.45) is 0 Å². The maximum absolute atomic E-state index is 12.8. The van der Waals surface area contributed by atoms with Gasteiger partial charge < -0.3 is 15.1 Å². The predicted molar refractivity (Wildman–Crippen MR) is 105 cm³/mol. The summed E-state index contributed by atoms with van der Waals surface area (Å²) < 4.78 is 0. The number of carbonyl (C=O) groups excluding carboxylic acids is 2. The van der Waals surface area contributed by atoms with Gasteiger partial charge in [0.2, 0.25) is 0 Å². The van der Waals surface area contributed by atoms with Crippen molar-refractivity contribution >= 4 is 29.1 Å². The van der Waals surface area contributed by atoms with E-state index in [1.807, 2.05) is 0 Å². The van der Waals surface area contributed by atoms with Crippen LogP contribution in [0.2, 0.25) is 0 Å². The molecule has 1 aliphatic heterocycles. The van der Waals surface area contributed by atoms with Gasteiger partial charge in [-0.25, -0.2) is 0 Å². The van der Waals surface area contributed by atoms with Crippen LogP contribution in [0.3, 0.4) is 0 Å². The summed E-state index contributed by atoms with van der Waals surface area (Å²) in [5.41, 5.74) is 0.413. The third kappa shape index (κ3) is 4.04. The summed E-state index contributed by atoms with van der Waals surface area (Å²) in [6, 6.07) is 12.7. The van der Waals surface area contributed by atoms with Crippen LogP contribution in [0.1, 0.15) is 30.0 Å². The van der Waals surface area contributed by atoms with E-state index in [9.17, 15) is 29.6 Å². The summed E-state index contributed by atoms with van der Waals surface area (Å²) in [6.07, 6.45) is -0.0316. The monoisotopic (exact) mass is 410 g/mol. The largest absolute Gasteiger partial charge is 0.507 e. The zero-order valence-corrected chi connectivity index (χ0v) is 15.7. The highest BCUT2D eigenvalue weighted by Crippen LogP contribution is 2.39. The number of carboxylic acid groups (broad SMARTS) is 1. The first-order valence-electron chi connectivity index (χ1n) is 9.11. The van der Waals surface area contributed by atoms with Gasteiger partial charge in [0.1, 0.15) is 5.76 Å². The van der Waals surface area contributed by atoms with E-state index in [-0.39, 0.29) is 36.2 Å². The Balaban J connectivity index is 2.06.